The summed E-state index contributed by atoms with van der Waals surface area (Å²) >= 11 is 5.93. The largest absolute Gasteiger partial charge is 0.464 e. The molecule has 0 saturated heterocycles. The summed E-state index contributed by atoms with van der Waals surface area (Å²) in [6, 6.07) is 7.35. The highest BCUT2D eigenvalue weighted by Gasteiger charge is 2.34. The van der Waals surface area contributed by atoms with E-state index in [-0.39, 0.29) is 11.9 Å². The molecule has 0 aliphatic carbocycles. The molecule has 3 nitrogen and oxygen atoms in total. The highest BCUT2D eigenvalue weighted by atomic mass is 35.5. The predicted molar refractivity (Wildman–Crippen MR) is 69.4 cm³/mol. The summed E-state index contributed by atoms with van der Waals surface area (Å²) in [5, 5.41) is 14.6. The molecule has 0 radical (unpaired) electrons. The zero-order chi connectivity index (χ0) is 12.5. The maximum atomic E-state index is 10.6. The molecular weight excluding hydrogens is 238 g/mol. The molecule has 92 valence electrons. The first-order valence-electron chi connectivity index (χ1n) is 5.55. The summed E-state index contributed by atoms with van der Waals surface area (Å²) in [5.74, 6) is 0.137. The van der Waals surface area contributed by atoms with Crippen LogP contribution in [0.25, 0.3) is 11.0 Å². The molecule has 1 aromatic carbocycles. The van der Waals surface area contributed by atoms with Crippen LogP contribution in [0.15, 0.2) is 34.9 Å². The summed E-state index contributed by atoms with van der Waals surface area (Å²) in [6.07, 6.45) is 1.63. The fourth-order valence-electron chi connectivity index (χ4n) is 1.92. The Bertz CT molecular complexity index is 511. The first-order valence-corrected chi connectivity index (χ1v) is 6.08. The van der Waals surface area contributed by atoms with E-state index in [1.807, 2.05) is 31.2 Å². The third-order valence-electron chi connectivity index (χ3n) is 3.31. The zero-order valence-electron chi connectivity index (χ0n) is 9.90. The summed E-state index contributed by atoms with van der Waals surface area (Å²) < 4.78 is 5.28. The van der Waals surface area contributed by atoms with Crippen LogP contribution in [0.4, 0.5) is 0 Å². The van der Waals surface area contributed by atoms with Crippen molar-refractivity contribution >= 4 is 22.6 Å². The van der Waals surface area contributed by atoms with E-state index < -0.39 is 5.60 Å². The van der Waals surface area contributed by atoms with Gasteiger partial charge in [0.15, 0.2) is 0 Å². The Kier molecular flexibility index (Phi) is 3.43. The number of rotatable bonds is 4. The topological polar surface area (TPSA) is 45.4 Å². The van der Waals surface area contributed by atoms with E-state index in [4.69, 9.17) is 16.0 Å². The van der Waals surface area contributed by atoms with Crippen molar-refractivity contribution in [3.05, 3.63) is 36.1 Å². The molecule has 0 bridgehead atoms. The zero-order valence-corrected chi connectivity index (χ0v) is 10.7. The third kappa shape index (κ3) is 2.06. The van der Waals surface area contributed by atoms with E-state index in [2.05, 4.69) is 5.32 Å². The van der Waals surface area contributed by atoms with Crippen molar-refractivity contribution < 1.29 is 9.52 Å². The van der Waals surface area contributed by atoms with E-state index in [9.17, 15) is 5.11 Å². The van der Waals surface area contributed by atoms with Crippen molar-refractivity contribution in [2.75, 3.05) is 12.9 Å². The molecule has 2 aromatic rings. The number of halogens is 1. The minimum Gasteiger partial charge on any atom is -0.464 e. The highest BCUT2D eigenvalue weighted by Crippen LogP contribution is 2.29. The lowest BCUT2D eigenvalue weighted by Gasteiger charge is -2.32. The maximum absolute atomic E-state index is 10.6. The fraction of sp³-hybridized carbons (Fsp3) is 0.385. The summed E-state index contributed by atoms with van der Waals surface area (Å²) in [5.41, 5.74) is 0.521. The molecule has 2 N–H and O–H groups in total. The Morgan fingerprint density at radius 1 is 1.47 bits per heavy atom. The number of alkyl halides is 1. The summed E-state index contributed by atoms with van der Waals surface area (Å²) in [7, 11) is 1.80. The molecular formula is C13H16ClNO2. The van der Waals surface area contributed by atoms with Crippen LogP contribution in [0.3, 0.4) is 0 Å². The number of fused-ring (bicyclic) bond motifs is 1. The van der Waals surface area contributed by atoms with Crippen LogP contribution < -0.4 is 5.32 Å². The second-order valence-corrected chi connectivity index (χ2v) is 4.51. The minimum atomic E-state index is -1.08. The number of benzene rings is 1. The van der Waals surface area contributed by atoms with Crippen molar-refractivity contribution in [1.82, 2.24) is 5.32 Å². The van der Waals surface area contributed by atoms with Gasteiger partial charge in [0.1, 0.15) is 11.2 Å². The molecule has 1 heterocycles. The summed E-state index contributed by atoms with van der Waals surface area (Å²) in [6.45, 7) is 1.90. The monoisotopic (exact) mass is 253 g/mol. The van der Waals surface area contributed by atoms with Gasteiger partial charge in [-0.3, -0.25) is 0 Å². The van der Waals surface area contributed by atoms with Gasteiger partial charge in [0, 0.05) is 11.4 Å². The predicted octanol–water partition coefficient (Wildman–Crippen LogP) is 2.47. The number of hydrogen-bond acceptors (Lipinski definition) is 3. The van der Waals surface area contributed by atoms with Gasteiger partial charge >= 0.3 is 0 Å². The lowest BCUT2D eigenvalue weighted by Crippen LogP contribution is -2.46. The summed E-state index contributed by atoms with van der Waals surface area (Å²) in [4.78, 5) is 0. The van der Waals surface area contributed by atoms with Crippen LogP contribution in [0, 0.1) is 0 Å². The van der Waals surface area contributed by atoms with E-state index in [1.54, 1.807) is 13.3 Å². The lowest BCUT2D eigenvalue weighted by molar-refractivity contribution is 0.0280. The van der Waals surface area contributed by atoms with E-state index in [0.29, 0.717) is 0 Å². The van der Waals surface area contributed by atoms with E-state index in [0.717, 1.165) is 16.5 Å². The molecule has 0 aliphatic rings. The van der Waals surface area contributed by atoms with E-state index >= 15 is 0 Å². The average Bonchev–Trinajstić information content (AvgIpc) is 2.83. The molecule has 1 aromatic heterocycles. The quantitative estimate of drug-likeness (QED) is 0.823. The van der Waals surface area contributed by atoms with Gasteiger partial charge in [0.05, 0.1) is 12.1 Å². The van der Waals surface area contributed by atoms with Crippen molar-refractivity contribution in [3.63, 3.8) is 0 Å². The normalized spacial score (nSPS) is 16.9. The number of furan rings is 1. The number of likely N-dealkylation sites (N-methyl/N-ethyl adjacent to an activating group) is 1. The van der Waals surface area contributed by atoms with Gasteiger partial charge in [-0.25, -0.2) is 0 Å². The van der Waals surface area contributed by atoms with Crippen LogP contribution >= 0.6 is 11.6 Å². The standard InChI is InChI=1S/C13H16ClNO2/c1-9(15-2)13(16,8-14)11-3-4-12-10(7-11)5-6-17-12/h3-7,9,15-16H,8H2,1-2H3. The van der Waals surface area contributed by atoms with Gasteiger partial charge in [-0.05, 0) is 37.7 Å². The van der Waals surface area contributed by atoms with Crippen LogP contribution in [-0.4, -0.2) is 24.1 Å². The van der Waals surface area contributed by atoms with Gasteiger partial charge in [0.2, 0.25) is 0 Å². The molecule has 4 heteroatoms. The van der Waals surface area contributed by atoms with Crippen molar-refractivity contribution in [2.45, 2.75) is 18.6 Å². The van der Waals surface area contributed by atoms with Gasteiger partial charge in [-0.1, -0.05) is 6.07 Å². The van der Waals surface area contributed by atoms with Crippen molar-refractivity contribution in [3.8, 4) is 0 Å². The highest BCUT2D eigenvalue weighted by molar-refractivity contribution is 6.18. The second kappa shape index (κ2) is 4.69. The van der Waals surface area contributed by atoms with Gasteiger partial charge in [-0.2, -0.15) is 0 Å². The average molecular weight is 254 g/mol. The Morgan fingerprint density at radius 3 is 2.88 bits per heavy atom. The van der Waals surface area contributed by atoms with E-state index in [1.165, 1.54) is 0 Å². The van der Waals surface area contributed by atoms with Crippen molar-refractivity contribution in [2.24, 2.45) is 0 Å². The minimum absolute atomic E-state index is 0.135. The van der Waals surface area contributed by atoms with Gasteiger partial charge in [0.25, 0.3) is 0 Å². The van der Waals surface area contributed by atoms with Crippen LogP contribution in [0.5, 0.6) is 0 Å². The van der Waals surface area contributed by atoms with Crippen LogP contribution in [-0.2, 0) is 5.60 Å². The molecule has 17 heavy (non-hydrogen) atoms. The lowest BCUT2D eigenvalue weighted by atomic mass is 9.88. The third-order valence-corrected chi connectivity index (χ3v) is 3.71. The number of aliphatic hydroxyl groups is 1. The molecule has 2 rings (SSSR count). The molecule has 0 fully saturated rings. The molecule has 2 atom stereocenters. The smallest absolute Gasteiger partial charge is 0.133 e. The first kappa shape index (κ1) is 12.4. The Balaban J connectivity index is 2.48. The molecule has 0 saturated carbocycles. The van der Waals surface area contributed by atoms with Gasteiger partial charge in [-0.15, -0.1) is 11.6 Å². The number of nitrogens with one attached hydrogen (secondary N) is 1. The molecule has 0 amide bonds. The van der Waals surface area contributed by atoms with Crippen LogP contribution in [0.2, 0.25) is 0 Å². The maximum Gasteiger partial charge on any atom is 0.133 e. The Morgan fingerprint density at radius 2 is 2.24 bits per heavy atom. The first-order chi connectivity index (χ1) is 8.11. The molecule has 0 aliphatic heterocycles. The Labute approximate surface area is 105 Å². The van der Waals surface area contributed by atoms with Crippen molar-refractivity contribution in [1.29, 1.82) is 0 Å². The SMILES string of the molecule is CNC(C)C(O)(CCl)c1ccc2occc2c1. The second-order valence-electron chi connectivity index (χ2n) is 4.24. The fourth-order valence-corrected chi connectivity index (χ4v) is 2.30. The van der Waals surface area contributed by atoms with Crippen LogP contribution in [0.1, 0.15) is 12.5 Å². The number of hydrogen-bond donors (Lipinski definition) is 2. The molecule has 2 unspecified atom stereocenters. The van der Waals surface area contributed by atoms with Gasteiger partial charge < -0.3 is 14.8 Å². The Hall–Kier alpha value is -1.03. The molecule has 0 spiro atoms.